The maximum atomic E-state index is 12.2. The zero-order valence-corrected chi connectivity index (χ0v) is 17.6. The molecule has 0 aliphatic carbocycles. The van der Waals surface area contributed by atoms with Crippen molar-refractivity contribution in [2.75, 3.05) is 19.0 Å². The smallest absolute Gasteiger partial charge is 0.339 e. The molecule has 1 atom stereocenters. The lowest BCUT2D eigenvalue weighted by molar-refractivity contribution is -0.123. The Labute approximate surface area is 182 Å². The molecule has 0 aliphatic heterocycles. The number of alkyl halides is 3. The van der Waals surface area contributed by atoms with Gasteiger partial charge in [-0.25, -0.2) is 4.79 Å². The first kappa shape index (κ1) is 22.4. The van der Waals surface area contributed by atoms with Crippen LogP contribution in [0.1, 0.15) is 10.4 Å². The summed E-state index contributed by atoms with van der Waals surface area (Å²) in [6.45, 7) is -0.320. The Morgan fingerprint density at radius 1 is 1.07 bits per heavy atom. The summed E-state index contributed by atoms with van der Waals surface area (Å²) in [7, 11) is 1.25. The Balaban J connectivity index is 2.07. The van der Waals surface area contributed by atoms with E-state index in [2.05, 4.69) is 10.6 Å². The van der Waals surface area contributed by atoms with Crippen molar-refractivity contribution in [2.24, 2.45) is 0 Å². The number of amides is 1. The first-order valence-corrected chi connectivity index (χ1v) is 9.40. The van der Waals surface area contributed by atoms with Crippen LogP contribution < -0.4 is 15.4 Å². The Bertz CT molecular complexity index is 825. The third kappa shape index (κ3) is 6.63. The van der Waals surface area contributed by atoms with E-state index in [9.17, 15) is 9.59 Å². The van der Waals surface area contributed by atoms with Crippen molar-refractivity contribution in [3.8, 4) is 5.75 Å². The highest BCUT2D eigenvalue weighted by Gasteiger charge is 2.35. The number of rotatable bonds is 7. The molecule has 2 rings (SSSR count). The number of methoxy groups -OCH3 is 1. The van der Waals surface area contributed by atoms with Gasteiger partial charge in [0.15, 0.2) is 6.61 Å². The quantitative estimate of drug-likeness (QED) is 0.359. The summed E-state index contributed by atoms with van der Waals surface area (Å²) >= 11 is 23.7. The average molecular weight is 466 g/mol. The zero-order chi connectivity index (χ0) is 20.7. The zero-order valence-electron chi connectivity index (χ0n) is 14.5. The van der Waals surface area contributed by atoms with E-state index in [0.717, 1.165) is 0 Å². The molecule has 0 saturated heterocycles. The lowest BCUT2D eigenvalue weighted by atomic mass is 10.1. The first-order valence-electron chi connectivity index (χ1n) is 7.89. The summed E-state index contributed by atoms with van der Waals surface area (Å²) in [5.41, 5.74) is 0.542. The first-order chi connectivity index (χ1) is 13.2. The highest BCUT2D eigenvalue weighted by atomic mass is 35.6. The molecule has 0 heterocycles. The van der Waals surface area contributed by atoms with E-state index >= 15 is 0 Å². The minimum absolute atomic E-state index is 0.218. The van der Waals surface area contributed by atoms with Crippen molar-refractivity contribution in [1.29, 1.82) is 0 Å². The van der Waals surface area contributed by atoms with E-state index < -0.39 is 21.8 Å². The van der Waals surface area contributed by atoms with Crippen molar-refractivity contribution in [3.63, 3.8) is 0 Å². The van der Waals surface area contributed by atoms with Crippen LogP contribution in [-0.4, -0.2) is 35.6 Å². The van der Waals surface area contributed by atoms with Crippen LogP contribution in [0.5, 0.6) is 5.75 Å². The van der Waals surface area contributed by atoms with Gasteiger partial charge in [-0.15, -0.1) is 0 Å². The van der Waals surface area contributed by atoms with Crippen molar-refractivity contribution < 1.29 is 19.1 Å². The molecule has 0 fully saturated rings. The summed E-state index contributed by atoms with van der Waals surface area (Å²) in [6.07, 6.45) is -1.15. The van der Waals surface area contributed by atoms with Crippen LogP contribution in [-0.2, 0) is 9.53 Å². The standard InChI is InChI=1S/C18H16Cl4N2O4/c1-27-16(26)13-4-2-3-5-14(13)23-17(18(20,21)22)24-15(25)10-28-12-8-6-11(19)7-9-12/h2-9,17,23H,10H2,1H3,(H,24,25). The fourth-order valence-electron chi connectivity index (χ4n) is 2.13. The van der Waals surface area contributed by atoms with Crippen LogP contribution in [0.2, 0.25) is 5.02 Å². The normalized spacial score (nSPS) is 12.0. The van der Waals surface area contributed by atoms with Crippen molar-refractivity contribution in [2.45, 2.75) is 9.96 Å². The van der Waals surface area contributed by atoms with Gasteiger partial charge in [-0.2, -0.15) is 0 Å². The van der Waals surface area contributed by atoms with Crippen LogP contribution >= 0.6 is 46.4 Å². The number of ether oxygens (including phenoxy) is 2. The van der Waals surface area contributed by atoms with Gasteiger partial charge in [0.05, 0.1) is 18.4 Å². The average Bonchev–Trinajstić information content (AvgIpc) is 2.66. The summed E-state index contributed by atoms with van der Waals surface area (Å²) in [5.74, 6) is -0.674. The molecule has 0 aromatic heterocycles. The predicted octanol–water partition coefficient (Wildman–Crippen LogP) is 4.43. The second kappa shape index (κ2) is 10.1. The number of anilines is 1. The number of benzene rings is 2. The summed E-state index contributed by atoms with van der Waals surface area (Å²) < 4.78 is 8.17. The summed E-state index contributed by atoms with van der Waals surface area (Å²) in [4.78, 5) is 24.1. The molecular weight excluding hydrogens is 450 g/mol. The molecular formula is C18H16Cl4N2O4. The highest BCUT2D eigenvalue weighted by molar-refractivity contribution is 6.68. The van der Waals surface area contributed by atoms with Gasteiger partial charge in [-0.1, -0.05) is 58.5 Å². The van der Waals surface area contributed by atoms with Gasteiger partial charge >= 0.3 is 5.97 Å². The third-order valence-electron chi connectivity index (χ3n) is 3.45. The van der Waals surface area contributed by atoms with E-state index in [1.54, 1.807) is 42.5 Å². The van der Waals surface area contributed by atoms with Gasteiger partial charge in [0, 0.05) is 5.02 Å². The molecule has 150 valence electrons. The number of halogens is 4. The molecule has 2 aromatic rings. The molecule has 2 aromatic carbocycles. The monoisotopic (exact) mass is 464 g/mol. The predicted molar refractivity (Wildman–Crippen MR) is 111 cm³/mol. The minimum Gasteiger partial charge on any atom is -0.484 e. The minimum atomic E-state index is -1.92. The van der Waals surface area contributed by atoms with Crippen LogP contribution in [0.25, 0.3) is 0 Å². The Hall–Kier alpha value is -1.86. The second-order valence-electron chi connectivity index (χ2n) is 5.47. The number of esters is 1. The molecule has 1 amide bonds. The van der Waals surface area contributed by atoms with Gasteiger partial charge in [0.2, 0.25) is 3.79 Å². The molecule has 10 heteroatoms. The van der Waals surface area contributed by atoms with E-state index in [1.807, 2.05) is 0 Å². The van der Waals surface area contributed by atoms with Crippen LogP contribution in [0.3, 0.4) is 0 Å². The molecule has 0 radical (unpaired) electrons. The Kier molecular flexibility index (Phi) is 8.07. The van der Waals surface area contributed by atoms with E-state index in [-0.39, 0.29) is 12.2 Å². The molecule has 0 spiro atoms. The van der Waals surface area contributed by atoms with Gasteiger partial charge in [0.1, 0.15) is 11.9 Å². The molecule has 28 heavy (non-hydrogen) atoms. The van der Waals surface area contributed by atoms with Crippen LogP contribution in [0.4, 0.5) is 5.69 Å². The molecule has 0 aliphatic rings. The maximum absolute atomic E-state index is 12.2. The molecule has 1 unspecified atom stereocenters. The Morgan fingerprint density at radius 3 is 2.32 bits per heavy atom. The number of hydrogen-bond acceptors (Lipinski definition) is 5. The summed E-state index contributed by atoms with van der Waals surface area (Å²) in [5, 5.41) is 5.90. The van der Waals surface area contributed by atoms with Crippen molar-refractivity contribution in [1.82, 2.24) is 5.32 Å². The highest BCUT2D eigenvalue weighted by Crippen LogP contribution is 2.32. The fourth-order valence-corrected chi connectivity index (χ4v) is 2.59. The topological polar surface area (TPSA) is 76.7 Å². The second-order valence-corrected chi connectivity index (χ2v) is 8.27. The summed E-state index contributed by atoms with van der Waals surface area (Å²) in [6, 6.07) is 12.9. The van der Waals surface area contributed by atoms with E-state index in [1.165, 1.54) is 13.2 Å². The third-order valence-corrected chi connectivity index (χ3v) is 4.36. The van der Waals surface area contributed by atoms with E-state index in [4.69, 9.17) is 55.9 Å². The van der Waals surface area contributed by atoms with Gasteiger partial charge < -0.3 is 20.1 Å². The van der Waals surface area contributed by atoms with Gasteiger partial charge in [-0.3, -0.25) is 4.79 Å². The number of hydrogen-bond donors (Lipinski definition) is 2. The number of carbonyl (C=O) groups is 2. The number of nitrogens with one attached hydrogen (secondary N) is 2. The van der Waals surface area contributed by atoms with Gasteiger partial charge in [-0.05, 0) is 36.4 Å². The lowest BCUT2D eigenvalue weighted by Crippen LogP contribution is -2.50. The Morgan fingerprint density at radius 2 is 1.71 bits per heavy atom. The molecule has 0 bridgehead atoms. The van der Waals surface area contributed by atoms with Crippen molar-refractivity contribution >= 4 is 64.0 Å². The lowest BCUT2D eigenvalue weighted by Gasteiger charge is -2.28. The maximum Gasteiger partial charge on any atom is 0.339 e. The number of carbonyl (C=O) groups excluding carboxylic acids is 2. The van der Waals surface area contributed by atoms with Gasteiger partial charge in [0.25, 0.3) is 5.91 Å². The molecule has 6 nitrogen and oxygen atoms in total. The molecule has 2 N–H and O–H groups in total. The van der Waals surface area contributed by atoms with Crippen molar-refractivity contribution in [3.05, 3.63) is 59.1 Å². The SMILES string of the molecule is COC(=O)c1ccccc1NC(NC(=O)COc1ccc(Cl)cc1)C(Cl)(Cl)Cl. The largest absolute Gasteiger partial charge is 0.484 e. The number of para-hydroxylation sites is 1. The fraction of sp³-hybridized carbons (Fsp3) is 0.222. The van der Waals surface area contributed by atoms with Crippen LogP contribution in [0.15, 0.2) is 48.5 Å². The van der Waals surface area contributed by atoms with Crippen LogP contribution in [0, 0.1) is 0 Å². The van der Waals surface area contributed by atoms with E-state index in [0.29, 0.717) is 16.5 Å². The molecule has 0 saturated carbocycles.